The van der Waals surface area contributed by atoms with Gasteiger partial charge in [-0.25, -0.2) is 4.68 Å². The van der Waals surface area contributed by atoms with Crippen molar-refractivity contribution in [2.75, 3.05) is 32.6 Å². The Balaban J connectivity index is 1.97. The highest BCUT2D eigenvalue weighted by Gasteiger charge is 2.18. The second-order valence-corrected chi connectivity index (χ2v) is 5.59. The first-order valence-electron chi connectivity index (χ1n) is 7.02. The van der Waals surface area contributed by atoms with E-state index < -0.39 is 0 Å². The third kappa shape index (κ3) is 3.56. The number of likely N-dealkylation sites (tertiary alicyclic amines) is 1. The van der Waals surface area contributed by atoms with E-state index in [9.17, 15) is 4.79 Å². The predicted molar refractivity (Wildman–Crippen MR) is 77.7 cm³/mol. The van der Waals surface area contributed by atoms with Crippen molar-refractivity contribution in [3.8, 4) is 0 Å². The Kier molecular flexibility index (Phi) is 4.58. The molecule has 106 valence electrons. The molecule has 1 aliphatic heterocycles. The largest absolute Gasteiger partial charge is 0.376 e. The predicted octanol–water partition coefficient (Wildman–Crippen LogP) is 1.18. The second kappa shape index (κ2) is 6.19. The molecule has 0 spiro atoms. The van der Waals surface area contributed by atoms with Crippen LogP contribution in [-0.2, 0) is 6.54 Å². The van der Waals surface area contributed by atoms with E-state index in [4.69, 9.17) is 0 Å². The highest BCUT2D eigenvalue weighted by molar-refractivity contribution is 5.40. The molecular weight excluding hydrogens is 240 g/mol. The van der Waals surface area contributed by atoms with Crippen LogP contribution >= 0.6 is 0 Å². The monoisotopic (exact) mass is 264 g/mol. The second-order valence-electron chi connectivity index (χ2n) is 5.59. The van der Waals surface area contributed by atoms with Crippen LogP contribution in [0.1, 0.15) is 25.7 Å². The molecule has 19 heavy (non-hydrogen) atoms. The van der Waals surface area contributed by atoms with Gasteiger partial charge >= 0.3 is 0 Å². The van der Waals surface area contributed by atoms with Gasteiger partial charge in [-0.05, 0) is 32.9 Å². The third-order valence-corrected chi connectivity index (χ3v) is 3.97. The normalized spacial score (nSPS) is 20.5. The Morgan fingerprint density at radius 2 is 2.21 bits per heavy atom. The van der Waals surface area contributed by atoms with Crippen molar-refractivity contribution in [1.29, 1.82) is 0 Å². The van der Waals surface area contributed by atoms with E-state index >= 15 is 0 Å². The number of rotatable bonds is 4. The Hall–Kier alpha value is -1.36. The minimum Gasteiger partial charge on any atom is -0.376 e. The number of aryl methyl sites for hydroxylation is 1. The lowest BCUT2D eigenvalue weighted by Gasteiger charge is -2.32. The topological polar surface area (TPSA) is 41.4 Å². The minimum atomic E-state index is -0.00957. The van der Waals surface area contributed by atoms with E-state index in [0.29, 0.717) is 12.6 Å². The average Bonchev–Trinajstić information content (AvgIpc) is 2.39. The van der Waals surface area contributed by atoms with Crippen LogP contribution in [0.3, 0.4) is 0 Å². The first-order valence-corrected chi connectivity index (χ1v) is 7.02. The van der Waals surface area contributed by atoms with Crippen LogP contribution in [0, 0.1) is 0 Å². The summed E-state index contributed by atoms with van der Waals surface area (Å²) < 4.78 is 1.58. The van der Waals surface area contributed by atoms with Crippen LogP contribution in [0.15, 0.2) is 17.1 Å². The molecule has 0 N–H and O–H groups in total. The van der Waals surface area contributed by atoms with Gasteiger partial charge in [0.1, 0.15) is 0 Å². The van der Waals surface area contributed by atoms with E-state index in [1.54, 1.807) is 16.9 Å². The molecule has 1 atom stereocenters. The minimum absolute atomic E-state index is 0.00957. The SMILES string of the molecule is CN(C)c1cnn(CCC2CCCCN2C)c(=O)c1. The molecule has 1 aromatic rings. The summed E-state index contributed by atoms with van der Waals surface area (Å²) in [5.41, 5.74) is 0.848. The van der Waals surface area contributed by atoms with Crippen LogP contribution < -0.4 is 10.5 Å². The molecule has 2 heterocycles. The summed E-state index contributed by atoms with van der Waals surface area (Å²) in [6.45, 7) is 1.88. The zero-order valence-electron chi connectivity index (χ0n) is 12.2. The summed E-state index contributed by atoms with van der Waals surface area (Å²) in [4.78, 5) is 16.3. The van der Waals surface area contributed by atoms with Crippen LogP contribution in [0.25, 0.3) is 0 Å². The van der Waals surface area contributed by atoms with Gasteiger partial charge in [0, 0.05) is 32.7 Å². The molecule has 5 nitrogen and oxygen atoms in total. The van der Waals surface area contributed by atoms with Crippen molar-refractivity contribution in [2.45, 2.75) is 38.3 Å². The van der Waals surface area contributed by atoms with E-state index in [-0.39, 0.29) is 5.56 Å². The average molecular weight is 264 g/mol. The molecule has 5 heteroatoms. The summed E-state index contributed by atoms with van der Waals surface area (Å²) in [6.07, 6.45) is 6.59. The quantitative estimate of drug-likeness (QED) is 0.819. The van der Waals surface area contributed by atoms with E-state index in [2.05, 4.69) is 17.0 Å². The Bertz CT molecular complexity index is 469. The van der Waals surface area contributed by atoms with E-state index in [0.717, 1.165) is 12.1 Å². The molecule has 1 aliphatic rings. The zero-order chi connectivity index (χ0) is 13.8. The van der Waals surface area contributed by atoms with Crippen molar-refractivity contribution >= 4 is 5.69 Å². The number of anilines is 1. The lowest BCUT2D eigenvalue weighted by Crippen LogP contribution is -2.37. The summed E-state index contributed by atoms with van der Waals surface area (Å²) in [6, 6.07) is 2.24. The Labute approximate surface area is 114 Å². The summed E-state index contributed by atoms with van der Waals surface area (Å²) in [5.74, 6) is 0. The fourth-order valence-corrected chi connectivity index (χ4v) is 2.62. The van der Waals surface area contributed by atoms with Gasteiger partial charge in [0.25, 0.3) is 5.56 Å². The molecule has 1 fully saturated rings. The maximum Gasteiger partial charge on any atom is 0.268 e. The van der Waals surface area contributed by atoms with Gasteiger partial charge in [0.05, 0.1) is 11.9 Å². The molecule has 0 aliphatic carbocycles. The number of hydrogen-bond donors (Lipinski definition) is 0. The molecule has 0 saturated carbocycles. The lowest BCUT2D eigenvalue weighted by molar-refractivity contribution is 0.169. The maximum absolute atomic E-state index is 12.0. The van der Waals surface area contributed by atoms with Crippen LogP contribution in [0.5, 0.6) is 0 Å². The number of nitrogens with zero attached hydrogens (tertiary/aromatic N) is 4. The van der Waals surface area contributed by atoms with Gasteiger partial charge in [-0.2, -0.15) is 5.10 Å². The number of hydrogen-bond acceptors (Lipinski definition) is 4. The van der Waals surface area contributed by atoms with Crippen molar-refractivity contribution in [1.82, 2.24) is 14.7 Å². The zero-order valence-corrected chi connectivity index (χ0v) is 12.2. The maximum atomic E-state index is 12.0. The van der Waals surface area contributed by atoms with Gasteiger partial charge in [-0.1, -0.05) is 6.42 Å². The Morgan fingerprint density at radius 3 is 2.84 bits per heavy atom. The number of aromatic nitrogens is 2. The molecule has 0 bridgehead atoms. The first-order chi connectivity index (χ1) is 9.08. The van der Waals surface area contributed by atoms with E-state index in [1.807, 2.05) is 19.0 Å². The molecule has 1 saturated heterocycles. The lowest BCUT2D eigenvalue weighted by atomic mass is 10.0. The molecule has 0 aromatic carbocycles. The Morgan fingerprint density at radius 1 is 1.42 bits per heavy atom. The van der Waals surface area contributed by atoms with Crippen molar-refractivity contribution in [2.24, 2.45) is 0 Å². The van der Waals surface area contributed by atoms with Crippen molar-refractivity contribution in [3.63, 3.8) is 0 Å². The van der Waals surface area contributed by atoms with Crippen LogP contribution in [0.4, 0.5) is 5.69 Å². The van der Waals surface area contributed by atoms with E-state index in [1.165, 1.54) is 25.8 Å². The van der Waals surface area contributed by atoms with Gasteiger partial charge < -0.3 is 9.80 Å². The standard InChI is InChI=1S/C14H24N4O/c1-16(2)13-10-14(19)18(15-11-13)9-7-12-6-4-5-8-17(12)3/h10-12H,4-9H2,1-3H3. The summed E-state index contributed by atoms with van der Waals surface area (Å²) in [5, 5.41) is 4.25. The fraction of sp³-hybridized carbons (Fsp3) is 0.714. The fourth-order valence-electron chi connectivity index (χ4n) is 2.62. The van der Waals surface area contributed by atoms with Gasteiger partial charge in [0.2, 0.25) is 0 Å². The first kappa shape index (κ1) is 14.1. The smallest absolute Gasteiger partial charge is 0.268 e. The summed E-state index contributed by atoms with van der Waals surface area (Å²) >= 11 is 0. The molecular formula is C14H24N4O. The molecule has 1 unspecified atom stereocenters. The van der Waals surface area contributed by atoms with Crippen molar-refractivity contribution in [3.05, 3.63) is 22.6 Å². The van der Waals surface area contributed by atoms with Gasteiger partial charge in [-0.3, -0.25) is 4.79 Å². The van der Waals surface area contributed by atoms with Gasteiger partial charge in [0.15, 0.2) is 0 Å². The van der Waals surface area contributed by atoms with Crippen LogP contribution in [-0.4, -0.2) is 48.4 Å². The molecule has 0 amide bonds. The highest BCUT2D eigenvalue weighted by atomic mass is 16.1. The molecule has 2 rings (SSSR count). The van der Waals surface area contributed by atoms with Crippen LogP contribution in [0.2, 0.25) is 0 Å². The molecule has 1 aromatic heterocycles. The molecule has 0 radical (unpaired) electrons. The summed E-state index contributed by atoms with van der Waals surface area (Å²) in [7, 11) is 6.00. The highest BCUT2D eigenvalue weighted by Crippen LogP contribution is 2.17. The number of piperidine rings is 1. The van der Waals surface area contributed by atoms with Crippen molar-refractivity contribution < 1.29 is 0 Å². The third-order valence-electron chi connectivity index (χ3n) is 3.97. The van der Waals surface area contributed by atoms with Gasteiger partial charge in [-0.15, -0.1) is 0 Å².